The van der Waals surface area contributed by atoms with E-state index in [0.717, 1.165) is 36.1 Å². The molecule has 0 spiro atoms. The Morgan fingerprint density at radius 2 is 2.04 bits per heavy atom. The van der Waals surface area contributed by atoms with Crippen molar-refractivity contribution < 1.29 is 24.2 Å². The number of aliphatic carboxylic acids is 1. The third kappa shape index (κ3) is 2.79. The van der Waals surface area contributed by atoms with Crippen molar-refractivity contribution in [1.82, 2.24) is 0 Å². The van der Waals surface area contributed by atoms with Crippen LogP contribution >= 0.6 is 11.3 Å². The fourth-order valence-corrected chi connectivity index (χ4v) is 6.40. The topological polar surface area (TPSA) is 92.7 Å². The van der Waals surface area contributed by atoms with E-state index < -0.39 is 23.3 Å². The summed E-state index contributed by atoms with van der Waals surface area (Å²) in [6.07, 6.45) is 8.36. The van der Waals surface area contributed by atoms with E-state index in [2.05, 4.69) is 5.32 Å². The third-order valence-electron chi connectivity index (χ3n) is 6.59. The van der Waals surface area contributed by atoms with Crippen LogP contribution in [-0.4, -0.2) is 29.6 Å². The summed E-state index contributed by atoms with van der Waals surface area (Å²) in [5.74, 6) is -2.52. The second-order valence-corrected chi connectivity index (χ2v) is 9.19. The van der Waals surface area contributed by atoms with Crippen molar-refractivity contribution in [3.8, 4) is 0 Å². The highest BCUT2D eigenvalue weighted by Crippen LogP contribution is 2.56. The van der Waals surface area contributed by atoms with Crippen LogP contribution in [-0.2, 0) is 27.2 Å². The minimum atomic E-state index is -1.12. The van der Waals surface area contributed by atoms with E-state index >= 15 is 0 Å². The van der Waals surface area contributed by atoms with E-state index in [0.29, 0.717) is 17.0 Å². The van der Waals surface area contributed by atoms with Gasteiger partial charge in [0, 0.05) is 4.88 Å². The lowest BCUT2D eigenvalue weighted by molar-refractivity contribution is -0.155. The van der Waals surface area contributed by atoms with E-state index in [9.17, 15) is 19.5 Å². The lowest BCUT2D eigenvalue weighted by atomic mass is 9.69. The Kier molecular flexibility index (Phi) is 4.81. The Morgan fingerprint density at radius 3 is 2.75 bits per heavy atom. The largest absolute Gasteiger partial charge is 0.481 e. The maximum absolute atomic E-state index is 13.2. The highest BCUT2D eigenvalue weighted by molar-refractivity contribution is 7.17. The van der Waals surface area contributed by atoms with Gasteiger partial charge in [-0.2, -0.15) is 0 Å². The monoisotopic (exact) mass is 403 g/mol. The number of carboxylic acids is 1. The molecule has 3 aliphatic rings. The summed E-state index contributed by atoms with van der Waals surface area (Å²) in [6, 6.07) is 0. The van der Waals surface area contributed by atoms with Gasteiger partial charge in [0.25, 0.3) is 0 Å². The molecular formula is C21H25NO5S. The summed E-state index contributed by atoms with van der Waals surface area (Å²) in [7, 11) is 0. The van der Waals surface area contributed by atoms with E-state index in [4.69, 9.17) is 4.74 Å². The molecule has 150 valence electrons. The molecule has 0 saturated heterocycles. The number of hydrogen-bond donors (Lipinski definition) is 2. The number of amides is 1. The number of nitrogens with one attached hydrogen (secondary N) is 1. The highest BCUT2D eigenvalue weighted by Gasteiger charge is 2.60. The molecule has 4 atom stereocenters. The SMILES string of the molecule is CCOC(=O)c1c(NC(=O)[C@H]2[C@@H]3C=C[C@H](C3)[C@]2(C)C(=O)O)sc2c1CCCC2. The van der Waals surface area contributed by atoms with Gasteiger partial charge in [0.2, 0.25) is 5.91 Å². The normalized spacial score (nSPS) is 30.1. The molecule has 1 heterocycles. The minimum absolute atomic E-state index is 0.0771. The number of ether oxygens (including phenoxy) is 1. The number of esters is 1. The lowest BCUT2D eigenvalue weighted by Gasteiger charge is -2.33. The number of fused-ring (bicyclic) bond motifs is 3. The molecule has 2 bridgehead atoms. The summed E-state index contributed by atoms with van der Waals surface area (Å²) >= 11 is 1.43. The number of thiophene rings is 1. The van der Waals surface area contributed by atoms with Crippen molar-refractivity contribution in [2.24, 2.45) is 23.2 Å². The maximum Gasteiger partial charge on any atom is 0.341 e. The average molecular weight is 404 g/mol. The van der Waals surface area contributed by atoms with Crippen LogP contribution in [0.5, 0.6) is 0 Å². The second-order valence-electron chi connectivity index (χ2n) is 8.08. The van der Waals surface area contributed by atoms with E-state index in [-0.39, 0.29) is 24.3 Å². The molecule has 7 heteroatoms. The molecule has 1 saturated carbocycles. The number of hydrogen-bond acceptors (Lipinski definition) is 5. The smallest absolute Gasteiger partial charge is 0.341 e. The standard InChI is InChI=1S/C21H25NO5S/c1-3-27-19(24)15-13-6-4-5-7-14(13)28-18(15)22-17(23)16-11-8-9-12(10-11)21(16,2)20(25)26/h8-9,11-12,16H,3-7,10H2,1-2H3,(H,22,23)(H,25,26)/t11-,12-,16-,21+/m1/s1. The molecule has 1 aromatic heterocycles. The number of anilines is 1. The zero-order valence-electron chi connectivity index (χ0n) is 16.1. The zero-order valence-corrected chi connectivity index (χ0v) is 16.9. The van der Waals surface area contributed by atoms with Crippen LogP contribution in [0.15, 0.2) is 12.2 Å². The quantitative estimate of drug-likeness (QED) is 0.578. The summed E-state index contributed by atoms with van der Waals surface area (Å²) < 4.78 is 5.24. The van der Waals surface area contributed by atoms with Crippen molar-refractivity contribution in [3.05, 3.63) is 28.2 Å². The molecule has 4 rings (SSSR count). The van der Waals surface area contributed by atoms with Crippen molar-refractivity contribution in [2.75, 3.05) is 11.9 Å². The van der Waals surface area contributed by atoms with Gasteiger partial charge >= 0.3 is 11.9 Å². The number of rotatable bonds is 5. The van der Waals surface area contributed by atoms with Gasteiger partial charge in [-0.15, -0.1) is 11.3 Å². The fraction of sp³-hybridized carbons (Fsp3) is 0.571. The summed E-state index contributed by atoms with van der Waals surface area (Å²) in [5.41, 5.74) is 0.328. The maximum atomic E-state index is 13.2. The Morgan fingerprint density at radius 1 is 1.29 bits per heavy atom. The van der Waals surface area contributed by atoms with Gasteiger partial charge in [0.05, 0.1) is 23.5 Å². The van der Waals surface area contributed by atoms with Crippen molar-refractivity contribution in [1.29, 1.82) is 0 Å². The molecule has 6 nitrogen and oxygen atoms in total. The van der Waals surface area contributed by atoms with Gasteiger partial charge in [0.15, 0.2) is 0 Å². The molecule has 1 aromatic rings. The van der Waals surface area contributed by atoms with Crippen LogP contribution < -0.4 is 5.32 Å². The van der Waals surface area contributed by atoms with E-state index in [1.807, 2.05) is 12.2 Å². The van der Waals surface area contributed by atoms with Crippen molar-refractivity contribution >= 4 is 34.2 Å². The molecule has 28 heavy (non-hydrogen) atoms. The third-order valence-corrected chi connectivity index (χ3v) is 7.80. The predicted molar refractivity (Wildman–Crippen MR) is 106 cm³/mol. The van der Waals surface area contributed by atoms with Gasteiger partial charge in [-0.25, -0.2) is 4.79 Å². The Bertz CT molecular complexity index is 872. The first kappa shape index (κ1) is 19.2. The highest BCUT2D eigenvalue weighted by atomic mass is 32.1. The van der Waals surface area contributed by atoms with E-state index in [1.54, 1.807) is 13.8 Å². The zero-order chi connectivity index (χ0) is 20.1. The number of aryl methyl sites for hydroxylation is 1. The summed E-state index contributed by atoms with van der Waals surface area (Å²) in [5, 5.41) is 13.3. The average Bonchev–Trinajstić information content (AvgIpc) is 3.33. The molecule has 1 amide bonds. The molecule has 0 unspecified atom stereocenters. The summed E-state index contributed by atoms with van der Waals surface area (Å²) in [6.45, 7) is 3.69. The second kappa shape index (κ2) is 7.03. The molecule has 0 radical (unpaired) electrons. The lowest BCUT2D eigenvalue weighted by Crippen LogP contribution is -2.45. The van der Waals surface area contributed by atoms with Gasteiger partial charge in [-0.05, 0) is 63.4 Å². The van der Waals surface area contributed by atoms with E-state index in [1.165, 1.54) is 11.3 Å². The molecule has 3 aliphatic carbocycles. The predicted octanol–water partition coefficient (Wildman–Crippen LogP) is 3.66. The van der Waals surface area contributed by atoms with Crippen LogP contribution in [0, 0.1) is 23.2 Å². The number of carbonyl (C=O) groups excluding carboxylic acids is 2. The first-order valence-corrected chi connectivity index (χ1v) is 10.7. The van der Waals surface area contributed by atoms with Crippen molar-refractivity contribution in [3.63, 3.8) is 0 Å². The van der Waals surface area contributed by atoms with Gasteiger partial charge < -0.3 is 15.2 Å². The van der Waals surface area contributed by atoms with Crippen LogP contribution in [0.3, 0.4) is 0 Å². The number of allylic oxidation sites excluding steroid dienone is 2. The van der Waals surface area contributed by atoms with Crippen LogP contribution in [0.4, 0.5) is 5.00 Å². The van der Waals surface area contributed by atoms with Gasteiger partial charge in [0.1, 0.15) is 5.00 Å². The van der Waals surface area contributed by atoms with Crippen LogP contribution in [0.1, 0.15) is 53.9 Å². The number of carboxylic acid groups (broad SMARTS) is 1. The molecular weight excluding hydrogens is 378 g/mol. The minimum Gasteiger partial charge on any atom is -0.481 e. The fourth-order valence-electron chi connectivity index (χ4n) is 5.12. The summed E-state index contributed by atoms with van der Waals surface area (Å²) in [4.78, 5) is 38.9. The Balaban J connectivity index is 1.67. The first-order chi connectivity index (χ1) is 13.4. The van der Waals surface area contributed by atoms with Crippen molar-refractivity contribution in [2.45, 2.75) is 46.0 Å². The van der Waals surface area contributed by atoms with Gasteiger partial charge in [-0.1, -0.05) is 12.2 Å². The van der Waals surface area contributed by atoms with Crippen LogP contribution in [0.2, 0.25) is 0 Å². The molecule has 0 aromatic carbocycles. The molecule has 1 fully saturated rings. The van der Waals surface area contributed by atoms with Crippen LogP contribution in [0.25, 0.3) is 0 Å². The van der Waals surface area contributed by atoms with Gasteiger partial charge in [-0.3, -0.25) is 9.59 Å². The first-order valence-electron chi connectivity index (χ1n) is 9.92. The number of carbonyl (C=O) groups is 3. The molecule has 0 aliphatic heterocycles. The molecule has 2 N–H and O–H groups in total. The Labute approximate surface area is 168 Å². The Hall–Kier alpha value is -2.15.